The topological polar surface area (TPSA) is 62.6 Å². The number of hydrogen-bond donors (Lipinski definition) is 0. The normalized spacial score (nSPS) is 16.1. The van der Waals surface area contributed by atoms with Crippen LogP contribution < -0.4 is 9.64 Å². The molecular formula is C15H14N2O3. The van der Waals surface area contributed by atoms with E-state index >= 15 is 0 Å². The van der Waals surface area contributed by atoms with Crippen LogP contribution in [0.3, 0.4) is 0 Å². The van der Waals surface area contributed by atoms with E-state index in [-0.39, 0.29) is 5.76 Å². The number of benzene rings is 1. The Balaban J connectivity index is 2.44. The van der Waals surface area contributed by atoms with Crippen molar-refractivity contribution in [3.8, 4) is 11.8 Å². The molecule has 0 aromatic heterocycles. The fourth-order valence-corrected chi connectivity index (χ4v) is 1.95. The molecule has 1 aromatic carbocycles. The molecule has 1 aliphatic rings. The summed E-state index contributed by atoms with van der Waals surface area (Å²) in [5, 5.41) is 9.17. The van der Waals surface area contributed by atoms with Crippen LogP contribution in [0.25, 0.3) is 6.08 Å². The van der Waals surface area contributed by atoms with Gasteiger partial charge < -0.3 is 9.47 Å². The first-order chi connectivity index (χ1) is 9.56. The number of ether oxygens (including phenoxy) is 2. The van der Waals surface area contributed by atoms with Crippen molar-refractivity contribution in [1.29, 1.82) is 5.26 Å². The van der Waals surface area contributed by atoms with Gasteiger partial charge in [-0.3, -0.25) is 4.90 Å². The minimum Gasteiger partial charge on any atom is -0.497 e. The van der Waals surface area contributed by atoms with Crippen molar-refractivity contribution in [2.24, 2.45) is 0 Å². The van der Waals surface area contributed by atoms with Gasteiger partial charge in [0.15, 0.2) is 0 Å². The molecule has 1 amide bonds. The summed E-state index contributed by atoms with van der Waals surface area (Å²) in [6, 6.07) is 6.59. The maximum Gasteiger partial charge on any atom is 0.420 e. The van der Waals surface area contributed by atoms with Crippen LogP contribution >= 0.6 is 0 Å². The maximum atomic E-state index is 12.1. The summed E-state index contributed by atoms with van der Waals surface area (Å²) in [6.45, 7) is 5.11. The van der Waals surface area contributed by atoms with Crippen LogP contribution in [0.5, 0.6) is 5.75 Å². The van der Waals surface area contributed by atoms with Gasteiger partial charge >= 0.3 is 6.09 Å². The molecule has 102 valence electrons. The van der Waals surface area contributed by atoms with Gasteiger partial charge in [0, 0.05) is 5.56 Å². The molecular weight excluding hydrogens is 256 g/mol. The summed E-state index contributed by atoms with van der Waals surface area (Å²) >= 11 is 0. The van der Waals surface area contributed by atoms with E-state index in [9.17, 15) is 10.1 Å². The first kappa shape index (κ1) is 13.7. The SMILES string of the molecule is C=C(C)OC(=O)N1c2ccc(OC)cc2C=CC1C#N. The number of hydrogen-bond acceptors (Lipinski definition) is 4. The number of nitrogens with zero attached hydrogens (tertiary/aromatic N) is 2. The van der Waals surface area contributed by atoms with Gasteiger partial charge in [0.05, 0.1) is 24.6 Å². The molecule has 0 saturated carbocycles. The third kappa shape index (κ3) is 2.50. The van der Waals surface area contributed by atoms with Crippen molar-refractivity contribution >= 4 is 17.9 Å². The first-order valence-electron chi connectivity index (χ1n) is 5.99. The van der Waals surface area contributed by atoms with E-state index in [4.69, 9.17) is 9.47 Å². The van der Waals surface area contributed by atoms with Gasteiger partial charge in [-0.15, -0.1) is 0 Å². The lowest BCUT2D eigenvalue weighted by atomic mass is 10.0. The van der Waals surface area contributed by atoms with Crippen LogP contribution in [0.15, 0.2) is 36.6 Å². The van der Waals surface area contributed by atoms with Crippen molar-refractivity contribution in [3.63, 3.8) is 0 Å². The number of fused-ring (bicyclic) bond motifs is 1. The van der Waals surface area contributed by atoms with E-state index < -0.39 is 12.1 Å². The van der Waals surface area contributed by atoms with Gasteiger partial charge in [-0.1, -0.05) is 12.7 Å². The first-order valence-corrected chi connectivity index (χ1v) is 5.99. The number of rotatable bonds is 2. The number of allylic oxidation sites excluding steroid dienone is 1. The van der Waals surface area contributed by atoms with Crippen molar-refractivity contribution in [3.05, 3.63) is 42.2 Å². The Kier molecular flexibility index (Phi) is 3.76. The average molecular weight is 270 g/mol. The Hall–Kier alpha value is -2.74. The molecule has 2 rings (SSSR count). The van der Waals surface area contributed by atoms with E-state index in [0.29, 0.717) is 11.4 Å². The molecule has 0 bridgehead atoms. The molecule has 0 aliphatic carbocycles. The Morgan fingerprint density at radius 3 is 2.85 bits per heavy atom. The Labute approximate surface area is 117 Å². The molecule has 1 aromatic rings. The highest BCUT2D eigenvalue weighted by atomic mass is 16.6. The Morgan fingerprint density at radius 1 is 1.50 bits per heavy atom. The number of anilines is 1. The van der Waals surface area contributed by atoms with E-state index in [1.807, 2.05) is 0 Å². The second-order valence-electron chi connectivity index (χ2n) is 4.30. The minimum atomic E-state index is -0.706. The lowest BCUT2D eigenvalue weighted by Crippen LogP contribution is -2.40. The van der Waals surface area contributed by atoms with Crippen LogP contribution in [0.1, 0.15) is 12.5 Å². The van der Waals surface area contributed by atoms with E-state index in [1.54, 1.807) is 44.4 Å². The molecule has 0 saturated heterocycles. The number of carbonyl (C=O) groups excluding carboxylic acids is 1. The zero-order chi connectivity index (χ0) is 14.7. The van der Waals surface area contributed by atoms with Crippen LogP contribution in [0, 0.1) is 11.3 Å². The van der Waals surface area contributed by atoms with Crippen LogP contribution in [0.2, 0.25) is 0 Å². The number of nitriles is 1. The Bertz CT molecular complexity index is 628. The quantitative estimate of drug-likeness (QED) is 0.775. The van der Waals surface area contributed by atoms with Crippen molar-refractivity contribution < 1.29 is 14.3 Å². The number of methoxy groups -OCH3 is 1. The van der Waals surface area contributed by atoms with Gasteiger partial charge in [0.2, 0.25) is 0 Å². The molecule has 1 atom stereocenters. The molecule has 0 spiro atoms. The molecule has 1 heterocycles. The molecule has 0 radical (unpaired) electrons. The molecule has 1 aliphatic heterocycles. The second kappa shape index (κ2) is 5.49. The molecule has 0 N–H and O–H groups in total. The summed E-state index contributed by atoms with van der Waals surface area (Å²) in [5.74, 6) is 0.952. The van der Waals surface area contributed by atoms with Crippen LogP contribution in [-0.2, 0) is 4.74 Å². The summed E-state index contributed by atoms with van der Waals surface area (Å²) in [5.41, 5.74) is 1.39. The summed E-state index contributed by atoms with van der Waals surface area (Å²) in [6.07, 6.45) is 2.80. The second-order valence-corrected chi connectivity index (χ2v) is 4.30. The molecule has 5 heteroatoms. The number of carbonyl (C=O) groups is 1. The highest BCUT2D eigenvalue weighted by Crippen LogP contribution is 2.32. The van der Waals surface area contributed by atoms with Crippen molar-refractivity contribution in [2.75, 3.05) is 12.0 Å². The zero-order valence-electron chi connectivity index (χ0n) is 11.3. The Morgan fingerprint density at radius 2 is 2.25 bits per heavy atom. The average Bonchev–Trinajstić information content (AvgIpc) is 2.44. The summed E-state index contributed by atoms with van der Waals surface area (Å²) in [4.78, 5) is 13.4. The number of amides is 1. The largest absolute Gasteiger partial charge is 0.497 e. The molecule has 20 heavy (non-hydrogen) atoms. The highest BCUT2D eigenvalue weighted by molar-refractivity contribution is 5.95. The predicted octanol–water partition coefficient (Wildman–Crippen LogP) is 3.09. The van der Waals surface area contributed by atoms with Gasteiger partial charge in [0.1, 0.15) is 11.8 Å². The fourth-order valence-electron chi connectivity index (χ4n) is 1.95. The summed E-state index contributed by atoms with van der Waals surface area (Å²) in [7, 11) is 1.57. The smallest absolute Gasteiger partial charge is 0.420 e. The van der Waals surface area contributed by atoms with Gasteiger partial charge in [-0.05, 0) is 31.2 Å². The van der Waals surface area contributed by atoms with E-state index in [2.05, 4.69) is 12.6 Å². The van der Waals surface area contributed by atoms with Gasteiger partial charge in [-0.25, -0.2) is 4.79 Å². The maximum absolute atomic E-state index is 12.1. The van der Waals surface area contributed by atoms with E-state index in [0.717, 1.165) is 5.56 Å². The third-order valence-corrected chi connectivity index (χ3v) is 2.82. The van der Waals surface area contributed by atoms with Gasteiger partial charge in [0.25, 0.3) is 0 Å². The molecule has 1 unspecified atom stereocenters. The lowest BCUT2D eigenvalue weighted by molar-refractivity contribution is 0.183. The van der Waals surface area contributed by atoms with Crippen molar-refractivity contribution in [2.45, 2.75) is 13.0 Å². The van der Waals surface area contributed by atoms with Gasteiger partial charge in [-0.2, -0.15) is 5.26 Å². The zero-order valence-corrected chi connectivity index (χ0v) is 11.3. The molecule has 5 nitrogen and oxygen atoms in total. The van der Waals surface area contributed by atoms with E-state index in [1.165, 1.54) is 4.90 Å². The monoisotopic (exact) mass is 270 g/mol. The fraction of sp³-hybridized carbons (Fsp3) is 0.200. The van der Waals surface area contributed by atoms with Crippen LogP contribution in [0.4, 0.5) is 10.5 Å². The van der Waals surface area contributed by atoms with Crippen LogP contribution in [-0.4, -0.2) is 19.2 Å². The predicted molar refractivity (Wildman–Crippen MR) is 75.2 cm³/mol. The van der Waals surface area contributed by atoms with Crippen molar-refractivity contribution in [1.82, 2.24) is 0 Å². The summed E-state index contributed by atoms with van der Waals surface area (Å²) < 4.78 is 10.2. The third-order valence-electron chi connectivity index (χ3n) is 2.82. The lowest BCUT2D eigenvalue weighted by Gasteiger charge is -2.29. The standard InChI is InChI=1S/C15H14N2O3/c1-10(2)20-15(18)17-12(9-16)5-4-11-8-13(19-3)6-7-14(11)17/h4-8,12H,1H2,2-3H3. The highest BCUT2D eigenvalue weighted by Gasteiger charge is 2.29. The molecule has 0 fully saturated rings. The minimum absolute atomic E-state index is 0.274.